The highest BCUT2D eigenvalue weighted by atomic mass is 32.1. The van der Waals surface area contributed by atoms with E-state index < -0.39 is 12.1 Å². The number of nitrogens with zero attached hydrogens (tertiary/aromatic N) is 3. The Kier molecular flexibility index (Phi) is 3.53. The van der Waals surface area contributed by atoms with E-state index in [1.807, 2.05) is 0 Å². The SMILES string of the molecule is CC(c1sc(-c2cccnc2)nc1C#N)C(F)(F)F. The van der Waals surface area contributed by atoms with Crippen LogP contribution in [0.1, 0.15) is 23.4 Å². The smallest absolute Gasteiger partial charge is 0.264 e. The van der Waals surface area contributed by atoms with E-state index in [4.69, 9.17) is 5.26 Å². The van der Waals surface area contributed by atoms with Crippen molar-refractivity contribution in [2.24, 2.45) is 0 Å². The molecule has 0 bridgehead atoms. The van der Waals surface area contributed by atoms with Crippen LogP contribution in [0.3, 0.4) is 0 Å². The summed E-state index contributed by atoms with van der Waals surface area (Å²) in [5.74, 6) is -1.70. The first-order chi connectivity index (χ1) is 8.93. The average Bonchev–Trinajstić information content (AvgIpc) is 2.81. The lowest BCUT2D eigenvalue weighted by Crippen LogP contribution is -2.17. The molecule has 0 aliphatic rings. The van der Waals surface area contributed by atoms with Crippen molar-refractivity contribution in [1.82, 2.24) is 9.97 Å². The minimum atomic E-state index is -4.38. The van der Waals surface area contributed by atoms with Gasteiger partial charge in [0.1, 0.15) is 11.1 Å². The second-order valence-electron chi connectivity index (χ2n) is 3.85. The molecule has 0 aliphatic carbocycles. The number of nitriles is 1. The number of alkyl halides is 3. The minimum Gasteiger partial charge on any atom is -0.264 e. The zero-order valence-corrected chi connectivity index (χ0v) is 10.6. The summed E-state index contributed by atoms with van der Waals surface area (Å²) in [5.41, 5.74) is 0.429. The van der Waals surface area contributed by atoms with Crippen LogP contribution in [0, 0.1) is 11.3 Å². The van der Waals surface area contributed by atoms with Crippen molar-refractivity contribution in [1.29, 1.82) is 5.26 Å². The molecule has 0 spiro atoms. The molecule has 0 fully saturated rings. The standard InChI is InChI=1S/C12H8F3N3S/c1-7(12(13,14)15)10-9(5-16)18-11(19-10)8-3-2-4-17-6-8/h2-4,6-7H,1H3. The van der Waals surface area contributed by atoms with Gasteiger partial charge < -0.3 is 0 Å². The number of pyridine rings is 1. The van der Waals surface area contributed by atoms with Gasteiger partial charge in [-0.3, -0.25) is 4.98 Å². The van der Waals surface area contributed by atoms with Crippen LogP contribution in [-0.2, 0) is 0 Å². The lowest BCUT2D eigenvalue weighted by Gasteiger charge is -2.13. The number of hydrogen-bond donors (Lipinski definition) is 0. The molecule has 1 atom stereocenters. The van der Waals surface area contributed by atoms with E-state index in [0.29, 0.717) is 10.6 Å². The Bertz CT molecular complexity index is 613. The van der Waals surface area contributed by atoms with Crippen molar-refractivity contribution in [3.8, 4) is 16.6 Å². The number of aromatic nitrogens is 2. The fraction of sp³-hybridized carbons (Fsp3) is 0.250. The lowest BCUT2D eigenvalue weighted by atomic mass is 10.1. The van der Waals surface area contributed by atoms with Gasteiger partial charge in [0.25, 0.3) is 0 Å². The number of thiazole rings is 1. The Balaban J connectivity index is 2.48. The van der Waals surface area contributed by atoms with Crippen molar-refractivity contribution in [3.05, 3.63) is 35.1 Å². The van der Waals surface area contributed by atoms with E-state index in [2.05, 4.69) is 9.97 Å². The quantitative estimate of drug-likeness (QED) is 0.843. The van der Waals surface area contributed by atoms with Crippen LogP contribution in [0.2, 0.25) is 0 Å². The van der Waals surface area contributed by atoms with Crippen LogP contribution in [-0.4, -0.2) is 16.1 Å². The maximum absolute atomic E-state index is 12.7. The third-order valence-corrected chi connectivity index (χ3v) is 3.84. The highest BCUT2D eigenvalue weighted by Gasteiger charge is 2.40. The molecule has 0 aliphatic heterocycles. The zero-order chi connectivity index (χ0) is 14.0. The molecule has 0 saturated heterocycles. The summed E-state index contributed by atoms with van der Waals surface area (Å²) in [6.45, 7) is 1.03. The van der Waals surface area contributed by atoms with Crippen LogP contribution < -0.4 is 0 Å². The Morgan fingerprint density at radius 1 is 1.42 bits per heavy atom. The van der Waals surface area contributed by atoms with Gasteiger partial charge in [-0.2, -0.15) is 18.4 Å². The summed E-state index contributed by atoms with van der Waals surface area (Å²) in [4.78, 5) is 7.77. The van der Waals surface area contributed by atoms with Gasteiger partial charge in [0.05, 0.1) is 10.8 Å². The van der Waals surface area contributed by atoms with Gasteiger partial charge in [-0.1, -0.05) is 0 Å². The largest absolute Gasteiger partial charge is 0.396 e. The number of hydrogen-bond acceptors (Lipinski definition) is 4. The van der Waals surface area contributed by atoms with E-state index in [9.17, 15) is 13.2 Å². The first-order valence-electron chi connectivity index (χ1n) is 5.31. The summed E-state index contributed by atoms with van der Waals surface area (Å²) in [5, 5.41) is 9.28. The Morgan fingerprint density at radius 3 is 2.68 bits per heavy atom. The molecule has 0 saturated carbocycles. The normalized spacial score (nSPS) is 13.0. The third-order valence-electron chi connectivity index (χ3n) is 2.55. The summed E-state index contributed by atoms with van der Waals surface area (Å²) in [6, 6.07) is 5.07. The Morgan fingerprint density at radius 2 is 2.16 bits per heavy atom. The van der Waals surface area contributed by atoms with E-state index in [1.165, 1.54) is 6.20 Å². The minimum absolute atomic E-state index is 0.0612. The first kappa shape index (κ1) is 13.5. The topological polar surface area (TPSA) is 49.6 Å². The van der Waals surface area contributed by atoms with E-state index in [-0.39, 0.29) is 10.6 Å². The van der Waals surface area contributed by atoms with Crippen molar-refractivity contribution in [2.75, 3.05) is 0 Å². The van der Waals surface area contributed by atoms with Crippen molar-refractivity contribution >= 4 is 11.3 Å². The van der Waals surface area contributed by atoms with Gasteiger partial charge in [0.2, 0.25) is 0 Å². The molecule has 98 valence electrons. The molecule has 0 N–H and O–H groups in total. The second-order valence-corrected chi connectivity index (χ2v) is 4.88. The molecule has 3 nitrogen and oxygen atoms in total. The monoisotopic (exact) mass is 283 g/mol. The van der Waals surface area contributed by atoms with Gasteiger partial charge in [0, 0.05) is 18.0 Å². The molecule has 2 aromatic heterocycles. The predicted molar refractivity (Wildman–Crippen MR) is 64.5 cm³/mol. The molecule has 0 radical (unpaired) electrons. The second kappa shape index (κ2) is 4.97. The summed E-state index contributed by atoms with van der Waals surface area (Å²) in [6.07, 6.45) is -1.33. The van der Waals surface area contributed by atoms with Crippen LogP contribution >= 0.6 is 11.3 Å². The van der Waals surface area contributed by atoms with E-state index >= 15 is 0 Å². The molecule has 19 heavy (non-hydrogen) atoms. The summed E-state index contributed by atoms with van der Waals surface area (Å²) >= 11 is 0.879. The molecule has 0 amide bonds. The van der Waals surface area contributed by atoms with Crippen LogP contribution in [0.5, 0.6) is 0 Å². The highest BCUT2D eigenvalue weighted by molar-refractivity contribution is 7.15. The summed E-state index contributed by atoms with van der Waals surface area (Å²) in [7, 11) is 0. The molecule has 2 rings (SSSR count). The first-order valence-corrected chi connectivity index (χ1v) is 6.13. The molecule has 0 aromatic carbocycles. The van der Waals surface area contributed by atoms with Gasteiger partial charge in [-0.15, -0.1) is 11.3 Å². The molecular formula is C12H8F3N3S. The number of rotatable bonds is 2. The molecule has 1 unspecified atom stereocenters. The van der Waals surface area contributed by atoms with Crippen molar-refractivity contribution < 1.29 is 13.2 Å². The Hall–Kier alpha value is -1.94. The van der Waals surface area contributed by atoms with Crippen LogP contribution in [0.4, 0.5) is 13.2 Å². The highest BCUT2D eigenvalue weighted by Crippen LogP contribution is 2.40. The van der Waals surface area contributed by atoms with Gasteiger partial charge in [-0.05, 0) is 19.1 Å². The van der Waals surface area contributed by atoms with E-state index in [1.54, 1.807) is 24.4 Å². The zero-order valence-electron chi connectivity index (χ0n) is 9.77. The maximum atomic E-state index is 12.7. The van der Waals surface area contributed by atoms with Crippen LogP contribution in [0.25, 0.3) is 10.6 Å². The average molecular weight is 283 g/mol. The van der Waals surface area contributed by atoms with E-state index in [0.717, 1.165) is 18.3 Å². The van der Waals surface area contributed by atoms with Crippen LogP contribution in [0.15, 0.2) is 24.5 Å². The third kappa shape index (κ3) is 2.74. The van der Waals surface area contributed by atoms with Crippen molar-refractivity contribution in [2.45, 2.75) is 19.0 Å². The molecular weight excluding hydrogens is 275 g/mol. The predicted octanol–water partition coefficient (Wildman–Crippen LogP) is 3.74. The van der Waals surface area contributed by atoms with Gasteiger partial charge in [-0.25, -0.2) is 4.98 Å². The Labute approximate surface area is 111 Å². The van der Waals surface area contributed by atoms with Gasteiger partial charge >= 0.3 is 6.18 Å². The maximum Gasteiger partial charge on any atom is 0.396 e. The molecule has 7 heteroatoms. The number of halogens is 3. The fourth-order valence-corrected chi connectivity index (χ4v) is 2.55. The molecule has 2 aromatic rings. The molecule has 2 heterocycles. The van der Waals surface area contributed by atoms with Gasteiger partial charge in [0.15, 0.2) is 5.69 Å². The lowest BCUT2D eigenvalue weighted by molar-refractivity contribution is -0.145. The summed E-state index contributed by atoms with van der Waals surface area (Å²) < 4.78 is 38.2. The fourth-order valence-electron chi connectivity index (χ4n) is 1.47. The van der Waals surface area contributed by atoms with Crippen molar-refractivity contribution in [3.63, 3.8) is 0 Å².